The Morgan fingerprint density at radius 1 is 0.737 bits per heavy atom. The van der Waals surface area contributed by atoms with Gasteiger partial charge in [-0.2, -0.15) is 5.11 Å². The maximum absolute atomic E-state index is 5.87. The van der Waals surface area contributed by atoms with Crippen LogP contribution in [0.3, 0.4) is 0 Å². The molecule has 0 aliphatic carbocycles. The minimum Gasteiger partial charge on any atom is -0.398 e. The molecule has 0 heterocycles. The van der Waals surface area contributed by atoms with Crippen molar-refractivity contribution in [2.75, 3.05) is 11.5 Å². The van der Waals surface area contributed by atoms with E-state index in [-0.39, 0.29) is 0 Å². The lowest BCUT2D eigenvalue weighted by Crippen LogP contribution is -1.93. The number of nitrogens with zero attached hydrogens (tertiary/aromatic N) is 2. The first-order chi connectivity index (χ1) is 8.97. The summed E-state index contributed by atoms with van der Waals surface area (Å²) in [4.78, 5) is 0. The van der Waals surface area contributed by atoms with Crippen molar-refractivity contribution in [2.24, 2.45) is 10.2 Å². The van der Waals surface area contributed by atoms with Gasteiger partial charge >= 0.3 is 0 Å². The quantitative estimate of drug-likeness (QED) is 0.622. The fraction of sp³-hybridized carbons (Fsp3) is 0.200. The normalized spacial score (nSPS) is 11.1. The predicted octanol–water partition coefficient (Wildman–Crippen LogP) is 4.19. The van der Waals surface area contributed by atoms with Crippen LogP contribution < -0.4 is 11.5 Å². The van der Waals surface area contributed by atoms with E-state index >= 15 is 0 Å². The summed E-state index contributed by atoms with van der Waals surface area (Å²) in [5, 5.41) is 8.41. The molecule has 4 heteroatoms. The van der Waals surface area contributed by atoms with Crippen LogP contribution in [-0.2, 0) is 0 Å². The maximum atomic E-state index is 5.87. The van der Waals surface area contributed by atoms with E-state index in [4.69, 9.17) is 11.5 Å². The van der Waals surface area contributed by atoms with Crippen LogP contribution in [0.5, 0.6) is 0 Å². The molecule has 19 heavy (non-hydrogen) atoms. The first-order valence-corrected chi connectivity index (χ1v) is 6.12. The molecule has 0 bridgehead atoms. The van der Waals surface area contributed by atoms with Crippen molar-refractivity contribution in [1.29, 1.82) is 0 Å². The van der Waals surface area contributed by atoms with Crippen LogP contribution in [0.1, 0.15) is 16.7 Å². The van der Waals surface area contributed by atoms with Crippen molar-refractivity contribution in [3.8, 4) is 0 Å². The molecule has 4 nitrogen and oxygen atoms in total. The molecule has 0 saturated carbocycles. The lowest BCUT2D eigenvalue weighted by atomic mass is 10.1. The molecule has 0 fully saturated rings. The van der Waals surface area contributed by atoms with Gasteiger partial charge < -0.3 is 11.5 Å². The Labute approximate surface area is 113 Å². The lowest BCUT2D eigenvalue weighted by Gasteiger charge is -2.04. The van der Waals surface area contributed by atoms with Crippen LogP contribution in [0.15, 0.2) is 40.6 Å². The molecule has 0 atom stereocenters. The largest absolute Gasteiger partial charge is 0.398 e. The van der Waals surface area contributed by atoms with E-state index < -0.39 is 0 Å². The highest BCUT2D eigenvalue weighted by Crippen LogP contribution is 2.29. The van der Waals surface area contributed by atoms with Gasteiger partial charge in [-0.05, 0) is 61.7 Å². The van der Waals surface area contributed by atoms with E-state index in [1.165, 1.54) is 11.1 Å². The number of benzene rings is 2. The number of rotatable bonds is 2. The molecule has 0 radical (unpaired) electrons. The van der Waals surface area contributed by atoms with E-state index in [0.717, 1.165) is 11.3 Å². The first-order valence-electron chi connectivity index (χ1n) is 6.12. The molecule has 0 aliphatic rings. The van der Waals surface area contributed by atoms with Gasteiger partial charge in [-0.3, -0.25) is 0 Å². The molecule has 2 rings (SSSR count). The van der Waals surface area contributed by atoms with Gasteiger partial charge in [0.2, 0.25) is 0 Å². The van der Waals surface area contributed by atoms with Crippen molar-refractivity contribution in [3.05, 3.63) is 47.0 Å². The average molecular weight is 254 g/mol. The van der Waals surface area contributed by atoms with Gasteiger partial charge in [0.25, 0.3) is 0 Å². The number of nitrogens with two attached hydrogens (primary N) is 2. The standard InChI is InChI=1S/C15H18N4/c1-9-4-5-12(6-10(9)2)18-19-15-7-11(3)13(16)8-14(15)17/h4-8H,16-17H2,1-3H3. The van der Waals surface area contributed by atoms with E-state index in [2.05, 4.69) is 24.1 Å². The summed E-state index contributed by atoms with van der Waals surface area (Å²) in [7, 11) is 0. The Bertz CT molecular complexity index is 645. The minimum atomic E-state index is 0.538. The highest BCUT2D eigenvalue weighted by atomic mass is 15.1. The third kappa shape index (κ3) is 2.91. The van der Waals surface area contributed by atoms with Crippen molar-refractivity contribution >= 4 is 22.7 Å². The molecule has 2 aromatic carbocycles. The molecule has 4 N–H and O–H groups in total. The second kappa shape index (κ2) is 5.10. The first kappa shape index (κ1) is 13.1. The van der Waals surface area contributed by atoms with Crippen LogP contribution in [0, 0.1) is 20.8 Å². The number of azo groups is 1. The minimum absolute atomic E-state index is 0.538. The van der Waals surface area contributed by atoms with Gasteiger partial charge in [0.1, 0.15) is 5.69 Å². The van der Waals surface area contributed by atoms with Gasteiger partial charge in [-0.25, -0.2) is 0 Å². The summed E-state index contributed by atoms with van der Waals surface area (Å²) in [6, 6.07) is 9.52. The Balaban J connectivity index is 2.32. The topological polar surface area (TPSA) is 76.8 Å². The predicted molar refractivity (Wildman–Crippen MR) is 80.1 cm³/mol. The molecular weight excluding hydrogens is 236 g/mol. The summed E-state index contributed by atoms with van der Waals surface area (Å²) in [5.41, 5.74) is 17.7. The SMILES string of the molecule is Cc1ccc(N=Nc2cc(C)c(N)cc2N)cc1C. The zero-order valence-electron chi connectivity index (χ0n) is 11.4. The monoisotopic (exact) mass is 254 g/mol. The van der Waals surface area contributed by atoms with Gasteiger partial charge in [0, 0.05) is 5.69 Å². The zero-order chi connectivity index (χ0) is 14.0. The average Bonchev–Trinajstić information content (AvgIpc) is 2.36. The van der Waals surface area contributed by atoms with Crippen LogP contribution in [-0.4, -0.2) is 0 Å². The van der Waals surface area contributed by atoms with Gasteiger partial charge in [-0.1, -0.05) is 6.07 Å². The fourth-order valence-electron chi connectivity index (χ4n) is 1.71. The summed E-state index contributed by atoms with van der Waals surface area (Å²) in [6.07, 6.45) is 0. The summed E-state index contributed by atoms with van der Waals surface area (Å²) >= 11 is 0. The van der Waals surface area contributed by atoms with Crippen LogP contribution >= 0.6 is 0 Å². The number of aryl methyl sites for hydroxylation is 3. The summed E-state index contributed by atoms with van der Waals surface area (Å²) in [6.45, 7) is 6.04. The second-order valence-corrected chi connectivity index (χ2v) is 4.74. The molecule has 0 aliphatic heterocycles. The molecule has 0 aromatic heterocycles. The van der Waals surface area contributed by atoms with E-state index in [9.17, 15) is 0 Å². The molecule has 0 spiro atoms. The Hall–Kier alpha value is -2.36. The third-order valence-corrected chi connectivity index (χ3v) is 3.18. The summed E-state index contributed by atoms with van der Waals surface area (Å²) in [5.74, 6) is 0. The maximum Gasteiger partial charge on any atom is 0.109 e. The summed E-state index contributed by atoms with van der Waals surface area (Å²) < 4.78 is 0. The van der Waals surface area contributed by atoms with Gasteiger partial charge in [0.05, 0.1) is 11.4 Å². The fourth-order valence-corrected chi connectivity index (χ4v) is 1.71. The Morgan fingerprint density at radius 2 is 1.47 bits per heavy atom. The van der Waals surface area contributed by atoms with Crippen molar-refractivity contribution in [3.63, 3.8) is 0 Å². The van der Waals surface area contributed by atoms with E-state index in [1.54, 1.807) is 6.07 Å². The molecule has 0 saturated heterocycles. The smallest absolute Gasteiger partial charge is 0.109 e. The van der Waals surface area contributed by atoms with E-state index in [0.29, 0.717) is 17.1 Å². The van der Waals surface area contributed by atoms with E-state index in [1.807, 2.05) is 31.2 Å². The number of hydrogen-bond acceptors (Lipinski definition) is 4. The zero-order valence-corrected chi connectivity index (χ0v) is 11.4. The molecular formula is C15H18N4. The van der Waals surface area contributed by atoms with Crippen molar-refractivity contribution in [1.82, 2.24) is 0 Å². The Kier molecular flexibility index (Phi) is 3.51. The van der Waals surface area contributed by atoms with Crippen LogP contribution in [0.4, 0.5) is 22.7 Å². The molecule has 98 valence electrons. The van der Waals surface area contributed by atoms with Crippen LogP contribution in [0.2, 0.25) is 0 Å². The molecule has 0 amide bonds. The molecule has 0 unspecified atom stereocenters. The number of hydrogen-bond donors (Lipinski definition) is 2. The lowest BCUT2D eigenvalue weighted by molar-refractivity contribution is 1.21. The second-order valence-electron chi connectivity index (χ2n) is 4.74. The number of anilines is 2. The highest BCUT2D eigenvalue weighted by molar-refractivity contribution is 5.70. The van der Waals surface area contributed by atoms with Gasteiger partial charge in [-0.15, -0.1) is 5.11 Å². The van der Waals surface area contributed by atoms with Crippen LogP contribution in [0.25, 0.3) is 0 Å². The Morgan fingerprint density at radius 3 is 2.16 bits per heavy atom. The third-order valence-electron chi connectivity index (χ3n) is 3.18. The highest BCUT2D eigenvalue weighted by Gasteiger charge is 2.02. The van der Waals surface area contributed by atoms with Crippen molar-refractivity contribution < 1.29 is 0 Å². The van der Waals surface area contributed by atoms with Crippen molar-refractivity contribution in [2.45, 2.75) is 20.8 Å². The molecule has 2 aromatic rings. The number of nitrogen functional groups attached to an aromatic ring is 2. The van der Waals surface area contributed by atoms with Gasteiger partial charge in [0.15, 0.2) is 0 Å².